The number of rotatable bonds is 6. The lowest BCUT2D eigenvalue weighted by molar-refractivity contribution is 0.0991. The molecule has 7 nitrogen and oxygen atoms in total. The molecule has 0 bridgehead atoms. The second kappa shape index (κ2) is 8.98. The van der Waals surface area contributed by atoms with Crippen molar-refractivity contribution >= 4 is 34.0 Å². The lowest BCUT2D eigenvalue weighted by atomic mass is 10.1. The summed E-state index contributed by atoms with van der Waals surface area (Å²) in [7, 11) is 0. The smallest absolute Gasteiger partial charge is 0.324 e. The van der Waals surface area contributed by atoms with Crippen LogP contribution in [0.4, 0.5) is 15.5 Å². The Morgan fingerprint density at radius 3 is 2.57 bits per heavy atom. The molecular weight excluding hydrogens is 402 g/mol. The molecule has 3 aromatic rings. The van der Waals surface area contributed by atoms with Crippen molar-refractivity contribution in [2.45, 2.75) is 19.6 Å². The minimum atomic E-state index is -0.551. The summed E-state index contributed by atoms with van der Waals surface area (Å²) in [5.41, 5.74) is 8.46. The number of carbonyl (C=O) groups is 2. The molecule has 1 aromatic heterocycles. The van der Waals surface area contributed by atoms with Gasteiger partial charge in [-0.25, -0.2) is 4.79 Å². The first-order chi connectivity index (χ1) is 14.6. The van der Waals surface area contributed by atoms with E-state index in [2.05, 4.69) is 10.6 Å². The van der Waals surface area contributed by atoms with Crippen LogP contribution in [-0.4, -0.2) is 18.5 Å². The maximum absolute atomic E-state index is 12.4. The molecule has 0 saturated carbocycles. The Morgan fingerprint density at radius 2 is 1.83 bits per heavy atom. The number of carbonyl (C=O) groups excluding carboxylic acids is 2. The number of hydrogen-bond donors (Lipinski definition) is 3. The summed E-state index contributed by atoms with van der Waals surface area (Å²) in [6.45, 7) is 1.43. The normalized spacial score (nSPS) is 12.7. The van der Waals surface area contributed by atoms with Gasteiger partial charge in [-0.1, -0.05) is 30.3 Å². The van der Waals surface area contributed by atoms with Crippen LogP contribution in [0.3, 0.4) is 0 Å². The van der Waals surface area contributed by atoms with Crippen molar-refractivity contribution < 1.29 is 19.1 Å². The van der Waals surface area contributed by atoms with Crippen LogP contribution in [0.1, 0.15) is 26.4 Å². The third-order valence-corrected chi connectivity index (χ3v) is 5.78. The molecule has 0 fully saturated rings. The number of thiophene rings is 1. The molecule has 154 valence electrons. The number of primary amides is 1. The fraction of sp³-hybridized carbons (Fsp3) is 0.182. The highest BCUT2D eigenvalue weighted by Crippen LogP contribution is 2.36. The van der Waals surface area contributed by atoms with Crippen molar-refractivity contribution in [3.8, 4) is 5.75 Å². The Bertz CT molecular complexity index is 1050. The number of urea groups is 1. The van der Waals surface area contributed by atoms with Gasteiger partial charge in [-0.05, 0) is 41.8 Å². The molecule has 1 aliphatic heterocycles. The molecule has 4 rings (SSSR count). The molecule has 0 spiro atoms. The van der Waals surface area contributed by atoms with E-state index in [0.29, 0.717) is 48.2 Å². The summed E-state index contributed by atoms with van der Waals surface area (Å²) in [6.07, 6.45) is 0.609. The first-order valence-corrected chi connectivity index (χ1v) is 10.3. The van der Waals surface area contributed by atoms with Crippen LogP contribution in [0.25, 0.3) is 0 Å². The Labute approximate surface area is 177 Å². The minimum Gasteiger partial charge on any atom is -0.489 e. The molecule has 0 saturated heterocycles. The Kier molecular flexibility index (Phi) is 5.97. The Morgan fingerprint density at radius 1 is 1.07 bits per heavy atom. The zero-order chi connectivity index (χ0) is 20.9. The van der Waals surface area contributed by atoms with Gasteiger partial charge in [0.15, 0.2) is 0 Å². The third-order valence-electron chi connectivity index (χ3n) is 4.65. The number of nitrogens with two attached hydrogens (primary N) is 1. The summed E-state index contributed by atoms with van der Waals surface area (Å²) < 4.78 is 11.2. The van der Waals surface area contributed by atoms with E-state index in [1.807, 2.05) is 30.3 Å². The maximum Gasteiger partial charge on any atom is 0.324 e. The Hall–Kier alpha value is -3.36. The predicted octanol–water partition coefficient (Wildman–Crippen LogP) is 4.14. The number of hydrogen-bond acceptors (Lipinski definition) is 5. The standard InChI is InChI=1S/C22H21N3O4S/c23-20(26)19-17-10-11-28-13-18(17)30-21(19)25-22(27)24-15-6-8-16(9-7-15)29-12-14-4-2-1-3-5-14/h1-9H,10-13H2,(H2,23,26)(H2,24,25,27). The maximum atomic E-state index is 12.4. The highest BCUT2D eigenvalue weighted by molar-refractivity contribution is 7.17. The molecule has 0 radical (unpaired) electrons. The monoisotopic (exact) mass is 423 g/mol. The number of amides is 3. The second-order valence-electron chi connectivity index (χ2n) is 6.75. The summed E-state index contributed by atoms with van der Waals surface area (Å²) >= 11 is 1.32. The molecule has 0 unspecified atom stereocenters. The van der Waals surface area contributed by atoms with Gasteiger partial charge in [-0.3, -0.25) is 10.1 Å². The average molecular weight is 423 g/mol. The molecule has 1 aliphatic rings. The van der Waals surface area contributed by atoms with Gasteiger partial charge < -0.3 is 20.5 Å². The van der Waals surface area contributed by atoms with Crippen LogP contribution >= 0.6 is 11.3 Å². The number of benzene rings is 2. The summed E-state index contributed by atoms with van der Waals surface area (Å²) in [6, 6.07) is 16.5. The summed E-state index contributed by atoms with van der Waals surface area (Å²) in [5.74, 6) is 0.149. The van der Waals surface area contributed by atoms with E-state index in [-0.39, 0.29) is 0 Å². The van der Waals surface area contributed by atoms with Gasteiger partial charge in [0.05, 0.1) is 18.8 Å². The molecule has 30 heavy (non-hydrogen) atoms. The largest absolute Gasteiger partial charge is 0.489 e. The van der Waals surface area contributed by atoms with Crippen LogP contribution in [0, 0.1) is 0 Å². The summed E-state index contributed by atoms with van der Waals surface area (Å²) in [5, 5.41) is 5.94. The minimum absolute atomic E-state index is 0.373. The topological polar surface area (TPSA) is 103 Å². The van der Waals surface area contributed by atoms with E-state index in [4.69, 9.17) is 15.2 Å². The lowest BCUT2D eigenvalue weighted by Crippen LogP contribution is -2.22. The highest BCUT2D eigenvalue weighted by Gasteiger charge is 2.25. The van der Waals surface area contributed by atoms with Gasteiger partial charge in [-0.2, -0.15) is 0 Å². The number of nitrogens with one attached hydrogen (secondary N) is 2. The lowest BCUT2D eigenvalue weighted by Gasteiger charge is -2.12. The van der Waals surface area contributed by atoms with E-state index in [0.717, 1.165) is 16.0 Å². The van der Waals surface area contributed by atoms with Gasteiger partial charge in [0.1, 0.15) is 17.4 Å². The van der Waals surface area contributed by atoms with Gasteiger partial charge in [-0.15, -0.1) is 11.3 Å². The van der Waals surface area contributed by atoms with Gasteiger partial charge in [0.2, 0.25) is 0 Å². The first-order valence-electron chi connectivity index (χ1n) is 9.47. The van der Waals surface area contributed by atoms with E-state index in [1.165, 1.54) is 11.3 Å². The molecule has 2 aromatic carbocycles. The van der Waals surface area contributed by atoms with Gasteiger partial charge >= 0.3 is 6.03 Å². The number of fused-ring (bicyclic) bond motifs is 1. The van der Waals surface area contributed by atoms with E-state index < -0.39 is 11.9 Å². The van der Waals surface area contributed by atoms with Crippen molar-refractivity contribution in [3.63, 3.8) is 0 Å². The van der Waals surface area contributed by atoms with E-state index >= 15 is 0 Å². The molecule has 3 amide bonds. The third kappa shape index (κ3) is 4.61. The van der Waals surface area contributed by atoms with Crippen molar-refractivity contribution in [3.05, 3.63) is 76.2 Å². The molecule has 0 atom stereocenters. The highest BCUT2D eigenvalue weighted by atomic mass is 32.1. The van der Waals surface area contributed by atoms with Crippen LogP contribution in [0.2, 0.25) is 0 Å². The quantitative estimate of drug-likeness (QED) is 0.554. The fourth-order valence-corrected chi connectivity index (χ4v) is 4.41. The second-order valence-corrected chi connectivity index (χ2v) is 7.86. The fourth-order valence-electron chi connectivity index (χ4n) is 3.22. The SMILES string of the molecule is NC(=O)c1c(NC(=O)Nc2ccc(OCc3ccccc3)cc2)sc2c1CCOC2. The number of anilines is 2. The van der Waals surface area contributed by atoms with Crippen LogP contribution in [0.15, 0.2) is 54.6 Å². The van der Waals surface area contributed by atoms with Crippen molar-refractivity contribution in [1.29, 1.82) is 0 Å². The van der Waals surface area contributed by atoms with Gasteiger partial charge in [0.25, 0.3) is 5.91 Å². The zero-order valence-electron chi connectivity index (χ0n) is 16.1. The molecule has 2 heterocycles. The molecule has 8 heteroatoms. The van der Waals surface area contributed by atoms with Crippen molar-refractivity contribution in [1.82, 2.24) is 0 Å². The molecule has 0 aliphatic carbocycles. The van der Waals surface area contributed by atoms with E-state index in [1.54, 1.807) is 24.3 Å². The predicted molar refractivity (Wildman–Crippen MR) is 116 cm³/mol. The number of ether oxygens (including phenoxy) is 2. The van der Waals surface area contributed by atoms with Gasteiger partial charge in [0, 0.05) is 10.6 Å². The van der Waals surface area contributed by atoms with Crippen LogP contribution < -0.4 is 21.1 Å². The zero-order valence-corrected chi connectivity index (χ0v) is 17.0. The van der Waals surface area contributed by atoms with Crippen molar-refractivity contribution in [2.75, 3.05) is 17.2 Å². The average Bonchev–Trinajstić information content (AvgIpc) is 3.12. The molecule has 4 N–H and O–H groups in total. The van der Waals surface area contributed by atoms with Crippen molar-refractivity contribution in [2.24, 2.45) is 5.73 Å². The Balaban J connectivity index is 1.37. The van der Waals surface area contributed by atoms with Crippen LogP contribution in [-0.2, 0) is 24.4 Å². The van der Waals surface area contributed by atoms with Crippen LogP contribution in [0.5, 0.6) is 5.75 Å². The summed E-state index contributed by atoms with van der Waals surface area (Å²) in [4.78, 5) is 25.3. The van der Waals surface area contributed by atoms with E-state index in [9.17, 15) is 9.59 Å². The first kappa shape index (κ1) is 19.9. The molecular formula is C22H21N3O4S.